The third-order valence-electron chi connectivity index (χ3n) is 3.77. The predicted octanol–water partition coefficient (Wildman–Crippen LogP) is 3.17. The molecule has 3 rings (SSSR count). The molecular formula is C16H20N2O2S2. The monoisotopic (exact) mass is 336 g/mol. The minimum Gasteiger partial charge on any atom is -0.468 e. The molecule has 2 aromatic heterocycles. The lowest BCUT2D eigenvalue weighted by Gasteiger charge is -2.33. The van der Waals surface area contributed by atoms with Gasteiger partial charge in [-0.15, -0.1) is 11.3 Å². The lowest BCUT2D eigenvalue weighted by Crippen LogP contribution is -2.41. The highest BCUT2D eigenvalue weighted by molar-refractivity contribution is 7.99. The molecule has 1 aliphatic rings. The smallest absolute Gasteiger partial charge is 0.261 e. The Labute approximate surface area is 138 Å². The first-order valence-corrected chi connectivity index (χ1v) is 9.46. The Morgan fingerprint density at radius 2 is 2.27 bits per heavy atom. The molecule has 4 nitrogen and oxygen atoms in total. The molecule has 1 atom stereocenters. The minimum atomic E-state index is 0.000963. The van der Waals surface area contributed by atoms with Gasteiger partial charge < -0.3 is 9.73 Å². The first-order valence-electron chi connectivity index (χ1n) is 7.42. The van der Waals surface area contributed by atoms with E-state index in [0.717, 1.165) is 40.8 Å². The molecule has 1 N–H and O–H groups in total. The third-order valence-corrected chi connectivity index (χ3v) is 5.76. The number of amides is 1. The number of carbonyl (C=O) groups excluding carboxylic acids is 1. The van der Waals surface area contributed by atoms with Crippen molar-refractivity contribution in [1.82, 2.24) is 10.2 Å². The largest absolute Gasteiger partial charge is 0.468 e. The van der Waals surface area contributed by atoms with E-state index in [2.05, 4.69) is 10.2 Å². The van der Waals surface area contributed by atoms with Crippen LogP contribution in [0.5, 0.6) is 0 Å². The lowest BCUT2D eigenvalue weighted by molar-refractivity contribution is 0.0933. The van der Waals surface area contributed by atoms with Crippen molar-refractivity contribution in [2.24, 2.45) is 0 Å². The molecule has 2 aromatic rings. The van der Waals surface area contributed by atoms with E-state index in [-0.39, 0.29) is 11.9 Å². The van der Waals surface area contributed by atoms with E-state index in [0.29, 0.717) is 6.54 Å². The van der Waals surface area contributed by atoms with Gasteiger partial charge >= 0.3 is 0 Å². The van der Waals surface area contributed by atoms with Gasteiger partial charge in [0.2, 0.25) is 0 Å². The van der Waals surface area contributed by atoms with Gasteiger partial charge in [0.05, 0.1) is 17.2 Å². The Hall–Kier alpha value is -1.24. The van der Waals surface area contributed by atoms with Gasteiger partial charge in [-0.2, -0.15) is 11.8 Å². The summed E-state index contributed by atoms with van der Waals surface area (Å²) in [4.78, 5) is 15.4. The second kappa shape index (κ2) is 7.35. The van der Waals surface area contributed by atoms with Crippen molar-refractivity contribution in [2.45, 2.75) is 13.0 Å². The number of furan rings is 1. The molecule has 1 fully saturated rings. The van der Waals surface area contributed by atoms with Crippen LogP contribution in [0.25, 0.3) is 0 Å². The van der Waals surface area contributed by atoms with Gasteiger partial charge in [-0.25, -0.2) is 0 Å². The van der Waals surface area contributed by atoms with Crippen LogP contribution >= 0.6 is 23.1 Å². The zero-order valence-corrected chi connectivity index (χ0v) is 14.2. The highest BCUT2D eigenvalue weighted by Gasteiger charge is 2.25. The van der Waals surface area contributed by atoms with E-state index in [1.807, 2.05) is 42.3 Å². The van der Waals surface area contributed by atoms with Gasteiger partial charge in [0.15, 0.2) is 0 Å². The van der Waals surface area contributed by atoms with Crippen LogP contribution < -0.4 is 5.32 Å². The molecule has 3 heterocycles. The molecule has 0 aromatic carbocycles. The van der Waals surface area contributed by atoms with Crippen LogP contribution in [0, 0.1) is 6.92 Å². The van der Waals surface area contributed by atoms with Crippen molar-refractivity contribution in [3.8, 4) is 0 Å². The van der Waals surface area contributed by atoms with Crippen LogP contribution in [-0.4, -0.2) is 41.9 Å². The average molecular weight is 336 g/mol. The molecule has 0 radical (unpaired) electrons. The maximum Gasteiger partial charge on any atom is 0.261 e. The van der Waals surface area contributed by atoms with Crippen molar-refractivity contribution in [2.75, 3.05) is 31.1 Å². The summed E-state index contributed by atoms with van der Waals surface area (Å²) in [6.07, 6.45) is 1.70. The van der Waals surface area contributed by atoms with Gasteiger partial charge in [0, 0.05) is 31.1 Å². The molecule has 0 bridgehead atoms. The zero-order valence-electron chi connectivity index (χ0n) is 12.6. The number of rotatable bonds is 5. The van der Waals surface area contributed by atoms with E-state index in [4.69, 9.17) is 4.42 Å². The van der Waals surface area contributed by atoms with E-state index in [1.165, 1.54) is 11.3 Å². The highest BCUT2D eigenvalue weighted by atomic mass is 32.2. The van der Waals surface area contributed by atoms with E-state index >= 15 is 0 Å². The van der Waals surface area contributed by atoms with Crippen molar-refractivity contribution < 1.29 is 9.21 Å². The summed E-state index contributed by atoms with van der Waals surface area (Å²) in [5.41, 5.74) is 1.13. The quantitative estimate of drug-likeness (QED) is 0.911. The van der Waals surface area contributed by atoms with E-state index in [1.54, 1.807) is 6.26 Å². The molecule has 0 aliphatic carbocycles. The van der Waals surface area contributed by atoms with Crippen molar-refractivity contribution in [3.05, 3.63) is 46.0 Å². The Morgan fingerprint density at radius 1 is 1.45 bits per heavy atom. The lowest BCUT2D eigenvalue weighted by atomic mass is 10.1. The summed E-state index contributed by atoms with van der Waals surface area (Å²) < 4.78 is 5.59. The number of hydrogen-bond acceptors (Lipinski definition) is 5. The van der Waals surface area contributed by atoms with Crippen LogP contribution in [0.15, 0.2) is 34.3 Å². The highest BCUT2D eigenvalue weighted by Crippen LogP contribution is 2.24. The SMILES string of the molecule is Cc1csc(C(=O)NC[C@@H](c2ccco2)N2CCSCC2)c1. The van der Waals surface area contributed by atoms with Gasteiger partial charge in [-0.3, -0.25) is 9.69 Å². The fourth-order valence-corrected chi connectivity index (χ4v) is 4.35. The standard InChI is InChI=1S/C16H20N2O2S2/c1-12-9-15(22-11-12)16(19)17-10-13(14-3-2-6-20-14)18-4-7-21-8-5-18/h2-3,6,9,11,13H,4-5,7-8,10H2,1H3,(H,17,19)/t13-/m0/s1. The number of aryl methyl sites for hydroxylation is 1. The second-order valence-corrected chi connectivity index (χ2v) is 7.51. The van der Waals surface area contributed by atoms with Crippen molar-refractivity contribution >= 4 is 29.0 Å². The fraction of sp³-hybridized carbons (Fsp3) is 0.438. The molecule has 1 aliphatic heterocycles. The Morgan fingerprint density at radius 3 is 2.91 bits per heavy atom. The third kappa shape index (κ3) is 3.74. The zero-order chi connectivity index (χ0) is 15.4. The molecule has 22 heavy (non-hydrogen) atoms. The van der Waals surface area contributed by atoms with Gasteiger partial charge in [-0.05, 0) is 36.1 Å². The number of nitrogens with one attached hydrogen (secondary N) is 1. The molecule has 0 saturated carbocycles. The Bertz CT molecular complexity index is 603. The molecular weight excluding hydrogens is 316 g/mol. The van der Waals surface area contributed by atoms with E-state index < -0.39 is 0 Å². The summed E-state index contributed by atoms with van der Waals surface area (Å²) in [5, 5.41) is 5.06. The van der Waals surface area contributed by atoms with Gasteiger partial charge in [0.25, 0.3) is 5.91 Å². The summed E-state index contributed by atoms with van der Waals surface area (Å²) in [6.45, 7) is 4.65. The maximum atomic E-state index is 12.3. The Kier molecular flexibility index (Phi) is 5.23. The summed E-state index contributed by atoms with van der Waals surface area (Å²) >= 11 is 3.47. The normalized spacial score (nSPS) is 17.3. The van der Waals surface area contributed by atoms with Crippen LogP contribution in [0.1, 0.15) is 27.0 Å². The van der Waals surface area contributed by atoms with Crippen LogP contribution in [-0.2, 0) is 0 Å². The molecule has 0 spiro atoms. The van der Waals surface area contributed by atoms with Crippen molar-refractivity contribution in [1.29, 1.82) is 0 Å². The molecule has 1 amide bonds. The number of nitrogens with zero attached hydrogens (tertiary/aromatic N) is 1. The first-order chi connectivity index (χ1) is 10.7. The number of thiophene rings is 1. The average Bonchev–Trinajstić information content (AvgIpc) is 3.20. The van der Waals surface area contributed by atoms with Crippen LogP contribution in [0.4, 0.5) is 0 Å². The van der Waals surface area contributed by atoms with Gasteiger partial charge in [-0.1, -0.05) is 0 Å². The van der Waals surface area contributed by atoms with Crippen molar-refractivity contribution in [3.63, 3.8) is 0 Å². The van der Waals surface area contributed by atoms with E-state index in [9.17, 15) is 4.79 Å². The summed E-state index contributed by atoms with van der Waals surface area (Å²) in [5.74, 6) is 3.19. The summed E-state index contributed by atoms with van der Waals surface area (Å²) in [6, 6.07) is 5.94. The molecule has 0 unspecified atom stereocenters. The van der Waals surface area contributed by atoms with Crippen LogP contribution in [0.2, 0.25) is 0 Å². The van der Waals surface area contributed by atoms with Gasteiger partial charge in [0.1, 0.15) is 5.76 Å². The van der Waals surface area contributed by atoms with Crippen LogP contribution in [0.3, 0.4) is 0 Å². The topological polar surface area (TPSA) is 45.5 Å². The minimum absolute atomic E-state index is 0.000963. The maximum absolute atomic E-state index is 12.3. The molecule has 118 valence electrons. The summed E-state index contributed by atoms with van der Waals surface area (Å²) in [7, 11) is 0. The molecule has 1 saturated heterocycles. The number of thioether (sulfide) groups is 1. The number of carbonyl (C=O) groups is 1. The molecule has 6 heteroatoms. The number of hydrogen-bond donors (Lipinski definition) is 1. The predicted molar refractivity (Wildman–Crippen MR) is 91.7 cm³/mol. The Balaban J connectivity index is 1.66. The second-order valence-electron chi connectivity index (χ2n) is 5.38. The fourth-order valence-electron chi connectivity index (χ4n) is 2.61. The first kappa shape index (κ1) is 15.6.